The smallest absolute Gasteiger partial charge is 0.120 e. The third-order valence-corrected chi connectivity index (χ3v) is 3.20. The Balaban J connectivity index is 2.39. The molecule has 1 unspecified atom stereocenters. The van der Waals surface area contributed by atoms with E-state index in [9.17, 15) is 0 Å². The fourth-order valence-electron chi connectivity index (χ4n) is 2.17. The van der Waals surface area contributed by atoms with Gasteiger partial charge in [0.05, 0.1) is 12.1 Å². The van der Waals surface area contributed by atoms with Crippen LogP contribution < -0.4 is 10.5 Å². The standard InChI is InChI=1S/C16H22N2O/c1-4-5-8-19-13-6-7-16-15(10-13)14(12(3)17)9-11(2)18-16/h6-7,9-10,12H,4-5,8,17H2,1-3H3. The Kier molecular flexibility index (Phi) is 4.38. The zero-order valence-electron chi connectivity index (χ0n) is 11.9. The second kappa shape index (κ2) is 6.02. The summed E-state index contributed by atoms with van der Waals surface area (Å²) in [5.74, 6) is 0.897. The van der Waals surface area contributed by atoms with Crippen molar-refractivity contribution in [2.24, 2.45) is 5.73 Å². The van der Waals surface area contributed by atoms with Crippen molar-refractivity contribution in [1.82, 2.24) is 4.98 Å². The highest BCUT2D eigenvalue weighted by Gasteiger charge is 2.09. The maximum absolute atomic E-state index is 6.05. The van der Waals surface area contributed by atoms with Crippen molar-refractivity contribution in [2.75, 3.05) is 6.61 Å². The fraction of sp³-hybridized carbons (Fsp3) is 0.438. The molecule has 0 bridgehead atoms. The highest BCUT2D eigenvalue weighted by atomic mass is 16.5. The van der Waals surface area contributed by atoms with Gasteiger partial charge >= 0.3 is 0 Å². The molecule has 1 heterocycles. The second-order valence-electron chi connectivity index (χ2n) is 5.02. The summed E-state index contributed by atoms with van der Waals surface area (Å²) >= 11 is 0. The minimum absolute atomic E-state index is 0.00454. The van der Waals surface area contributed by atoms with Gasteiger partial charge in [0.15, 0.2) is 0 Å². The molecule has 0 amide bonds. The third-order valence-electron chi connectivity index (χ3n) is 3.20. The number of ether oxygens (including phenoxy) is 1. The minimum atomic E-state index is -0.00454. The van der Waals surface area contributed by atoms with Gasteiger partial charge in [-0.05, 0) is 50.1 Å². The molecule has 3 heteroatoms. The summed E-state index contributed by atoms with van der Waals surface area (Å²) in [6.07, 6.45) is 2.21. The Hall–Kier alpha value is -1.61. The van der Waals surface area contributed by atoms with Crippen molar-refractivity contribution < 1.29 is 4.74 Å². The van der Waals surface area contributed by atoms with Crippen molar-refractivity contribution in [3.8, 4) is 5.75 Å². The summed E-state index contributed by atoms with van der Waals surface area (Å²) in [5.41, 5.74) is 9.16. The van der Waals surface area contributed by atoms with Crippen LogP contribution in [0.2, 0.25) is 0 Å². The average molecular weight is 258 g/mol. The molecule has 0 aliphatic carbocycles. The number of unbranched alkanes of at least 4 members (excludes halogenated alkanes) is 1. The van der Waals surface area contributed by atoms with Gasteiger partial charge in [0.1, 0.15) is 5.75 Å². The number of aryl methyl sites for hydroxylation is 1. The van der Waals surface area contributed by atoms with Gasteiger partial charge in [0, 0.05) is 17.1 Å². The number of rotatable bonds is 5. The van der Waals surface area contributed by atoms with Gasteiger partial charge in [-0.1, -0.05) is 13.3 Å². The predicted molar refractivity (Wildman–Crippen MR) is 79.5 cm³/mol. The average Bonchev–Trinajstić information content (AvgIpc) is 2.38. The number of benzene rings is 1. The number of nitrogens with two attached hydrogens (primary N) is 1. The number of aromatic nitrogens is 1. The lowest BCUT2D eigenvalue weighted by molar-refractivity contribution is 0.310. The number of hydrogen-bond acceptors (Lipinski definition) is 3. The topological polar surface area (TPSA) is 48.1 Å². The molecule has 1 atom stereocenters. The molecule has 2 rings (SSSR count). The first-order valence-corrected chi connectivity index (χ1v) is 6.91. The molecule has 0 saturated heterocycles. The maximum Gasteiger partial charge on any atom is 0.120 e. The lowest BCUT2D eigenvalue weighted by atomic mass is 10.0. The van der Waals surface area contributed by atoms with E-state index >= 15 is 0 Å². The van der Waals surface area contributed by atoms with Crippen LogP contribution in [0.5, 0.6) is 5.75 Å². The van der Waals surface area contributed by atoms with Crippen molar-refractivity contribution in [2.45, 2.75) is 39.7 Å². The van der Waals surface area contributed by atoms with Crippen LogP contribution in [-0.4, -0.2) is 11.6 Å². The fourth-order valence-corrected chi connectivity index (χ4v) is 2.17. The van der Waals surface area contributed by atoms with Crippen molar-refractivity contribution in [1.29, 1.82) is 0 Å². The first-order chi connectivity index (χ1) is 9.11. The first kappa shape index (κ1) is 13.8. The van der Waals surface area contributed by atoms with Crippen molar-refractivity contribution in [3.63, 3.8) is 0 Å². The summed E-state index contributed by atoms with van der Waals surface area (Å²) in [7, 11) is 0. The van der Waals surface area contributed by atoms with Crippen LogP contribution in [-0.2, 0) is 0 Å². The van der Waals surface area contributed by atoms with Gasteiger partial charge in [-0.2, -0.15) is 0 Å². The summed E-state index contributed by atoms with van der Waals surface area (Å²) in [6, 6.07) is 8.10. The minimum Gasteiger partial charge on any atom is -0.494 e. The predicted octanol–water partition coefficient (Wildman–Crippen LogP) is 3.74. The lowest BCUT2D eigenvalue weighted by Crippen LogP contribution is -2.07. The van der Waals surface area contributed by atoms with E-state index in [1.807, 2.05) is 26.0 Å². The third kappa shape index (κ3) is 3.24. The molecular weight excluding hydrogens is 236 g/mol. The molecule has 0 aliphatic heterocycles. The van der Waals surface area contributed by atoms with E-state index in [2.05, 4.69) is 24.0 Å². The molecule has 0 aliphatic rings. The zero-order valence-corrected chi connectivity index (χ0v) is 11.9. The molecular formula is C16H22N2O. The summed E-state index contributed by atoms with van der Waals surface area (Å²) in [4.78, 5) is 4.55. The monoisotopic (exact) mass is 258 g/mol. The van der Waals surface area contributed by atoms with Gasteiger partial charge < -0.3 is 10.5 Å². The molecule has 2 N–H and O–H groups in total. The Morgan fingerprint density at radius 2 is 2.11 bits per heavy atom. The molecule has 0 fully saturated rings. The maximum atomic E-state index is 6.05. The van der Waals surface area contributed by atoms with E-state index in [4.69, 9.17) is 10.5 Å². The molecule has 3 nitrogen and oxygen atoms in total. The molecule has 0 saturated carbocycles. The number of fused-ring (bicyclic) bond motifs is 1. The highest BCUT2D eigenvalue weighted by Crippen LogP contribution is 2.26. The SMILES string of the molecule is CCCCOc1ccc2nc(C)cc(C(C)N)c2c1. The molecule has 2 aromatic rings. The van der Waals surface area contributed by atoms with Gasteiger partial charge in [0.25, 0.3) is 0 Å². The van der Waals surface area contributed by atoms with E-state index in [0.717, 1.165) is 47.4 Å². The van der Waals surface area contributed by atoms with Crippen LogP contribution in [0, 0.1) is 6.92 Å². The zero-order chi connectivity index (χ0) is 13.8. The van der Waals surface area contributed by atoms with Crippen LogP contribution in [0.1, 0.15) is 44.0 Å². The van der Waals surface area contributed by atoms with Crippen LogP contribution in [0.3, 0.4) is 0 Å². The molecule has 0 spiro atoms. The number of nitrogens with zero attached hydrogens (tertiary/aromatic N) is 1. The molecule has 1 aromatic heterocycles. The molecule has 0 radical (unpaired) electrons. The van der Waals surface area contributed by atoms with Crippen LogP contribution in [0.15, 0.2) is 24.3 Å². The van der Waals surface area contributed by atoms with E-state index < -0.39 is 0 Å². The Morgan fingerprint density at radius 1 is 1.32 bits per heavy atom. The Bertz CT molecular complexity index is 564. The number of pyridine rings is 1. The Morgan fingerprint density at radius 3 is 2.79 bits per heavy atom. The van der Waals surface area contributed by atoms with Crippen LogP contribution >= 0.6 is 0 Å². The van der Waals surface area contributed by atoms with E-state index in [1.165, 1.54) is 0 Å². The van der Waals surface area contributed by atoms with E-state index in [-0.39, 0.29) is 6.04 Å². The lowest BCUT2D eigenvalue weighted by Gasteiger charge is -2.13. The van der Waals surface area contributed by atoms with Crippen molar-refractivity contribution >= 4 is 10.9 Å². The normalized spacial score (nSPS) is 12.6. The summed E-state index contributed by atoms with van der Waals surface area (Å²) in [6.45, 7) is 6.91. The summed E-state index contributed by atoms with van der Waals surface area (Å²) in [5, 5.41) is 1.09. The van der Waals surface area contributed by atoms with Crippen molar-refractivity contribution in [3.05, 3.63) is 35.5 Å². The Labute approximate surface area is 114 Å². The van der Waals surface area contributed by atoms with Crippen LogP contribution in [0.4, 0.5) is 0 Å². The first-order valence-electron chi connectivity index (χ1n) is 6.91. The van der Waals surface area contributed by atoms with Gasteiger partial charge in [-0.3, -0.25) is 4.98 Å². The van der Waals surface area contributed by atoms with Gasteiger partial charge in [-0.15, -0.1) is 0 Å². The largest absolute Gasteiger partial charge is 0.494 e. The quantitative estimate of drug-likeness (QED) is 0.831. The molecule has 102 valence electrons. The summed E-state index contributed by atoms with van der Waals surface area (Å²) < 4.78 is 5.75. The van der Waals surface area contributed by atoms with Gasteiger partial charge in [0.2, 0.25) is 0 Å². The van der Waals surface area contributed by atoms with Crippen LogP contribution in [0.25, 0.3) is 10.9 Å². The molecule has 1 aromatic carbocycles. The molecule has 19 heavy (non-hydrogen) atoms. The number of hydrogen-bond donors (Lipinski definition) is 1. The highest BCUT2D eigenvalue weighted by molar-refractivity contribution is 5.84. The van der Waals surface area contributed by atoms with E-state index in [1.54, 1.807) is 0 Å². The van der Waals surface area contributed by atoms with Gasteiger partial charge in [-0.25, -0.2) is 0 Å². The second-order valence-corrected chi connectivity index (χ2v) is 5.02. The van der Waals surface area contributed by atoms with E-state index in [0.29, 0.717) is 0 Å².